The maximum atomic E-state index is 5.91. The van der Waals surface area contributed by atoms with Crippen molar-refractivity contribution in [2.45, 2.75) is 39.2 Å². The third kappa shape index (κ3) is 2.48. The van der Waals surface area contributed by atoms with Crippen LogP contribution in [0.25, 0.3) is 0 Å². The second-order valence-electron chi connectivity index (χ2n) is 5.33. The Morgan fingerprint density at radius 1 is 1.50 bits per heavy atom. The van der Waals surface area contributed by atoms with Gasteiger partial charge in [-0.3, -0.25) is 4.98 Å². The number of hydrogen-bond acceptors (Lipinski definition) is 3. The fraction of sp³-hybridized carbons (Fsp3) is 0.583. The molecule has 1 aliphatic carbocycles. The van der Waals surface area contributed by atoms with Crippen LogP contribution < -0.4 is 11.1 Å². The predicted octanol–water partition coefficient (Wildman–Crippen LogP) is 3.42. The Morgan fingerprint density at radius 3 is 2.81 bits per heavy atom. The molecule has 0 saturated heterocycles. The van der Waals surface area contributed by atoms with Gasteiger partial charge in [-0.25, -0.2) is 0 Å². The smallest absolute Gasteiger partial charge is 0.0752 e. The second-order valence-corrected chi connectivity index (χ2v) is 6.19. The fourth-order valence-electron chi connectivity index (χ4n) is 2.37. The molecule has 0 spiro atoms. The number of nitrogen functional groups attached to an aromatic ring is 1. The molecular formula is C12H18BrN3. The summed E-state index contributed by atoms with van der Waals surface area (Å²) in [7, 11) is 0. The topological polar surface area (TPSA) is 50.9 Å². The summed E-state index contributed by atoms with van der Waals surface area (Å²) in [6.45, 7) is 4.64. The molecule has 1 aliphatic rings. The van der Waals surface area contributed by atoms with Gasteiger partial charge in [0, 0.05) is 12.2 Å². The quantitative estimate of drug-likeness (QED) is 0.875. The summed E-state index contributed by atoms with van der Waals surface area (Å²) in [6.07, 6.45) is 7.14. The number of rotatable bonds is 2. The van der Waals surface area contributed by atoms with Crippen molar-refractivity contribution in [1.82, 2.24) is 4.98 Å². The molecule has 4 heteroatoms. The summed E-state index contributed by atoms with van der Waals surface area (Å²) >= 11 is 3.48. The number of hydrogen-bond donors (Lipinski definition) is 2. The van der Waals surface area contributed by atoms with E-state index in [4.69, 9.17) is 5.73 Å². The summed E-state index contributed by atoms with van der Waals surface area (Å²) in [5.74, 6) is 0. The van der Waals surface area contributed by atoms with Gasteiger partial charge in [-0.2, -0.15) is 0 Å². The number of nitrogens with zero attached hydrogens (tertiary/aromatic N) is 1. The number of nitrogens with two attached hydrogens (primary N) is 1. The Balaban J connectivity index is 2.11. The zero-order chi connectivity index (χ0) is 11.8. The van der Waals surface area contributed by atoms with Gasteiger partial charge in [0.1, 0.15) is 0 Å². The Morgan fingerprint density at radius 2 is 2.25 bits per heavy atom. The third-order valence-corrected chi connectivity index (χ3v) is 3.85. The Hall–Kier alpha value is -0.770. The van der Waals surface area contributed by atoms with E-state index < -0.39 is 0 Å². The first-order valence-corrected chi connectivity index (χ1v) is 6.43. The van der Waals surface area contributed by atoms with E-state index in [9.17, 15) is 0 Å². The van der Waals surface area contributed by atoms with Crippen LogP contribution in [0.1, 0.15) is 33.1 Å². The predicted molar refractivity (Wildman–Crippen MR) is 71.4 cm³/mol. The summed E-state index contributed by atoms with van der Waals surface area (Å²) in [5.41, 5.74) is 8.05. The molecule has 3 N–H and O–H groups in total. The van der Waals surface area contributed by atoms with E-state index in [-0.39, 0.29) is 0 Å². The Kier molecular flexibility index (Phi) is 3.10. The van der Waals surface area contributed by atoms with E-state index in [1.54, 1.807) is 12.4 Å². The summed E-state index contributed by atoms with van der Waals surface area (Å²) in [6, 6.07) is 0.524. The third-order valence-electron chi connectivity index (χ3n) is 3.25. The highest BCUT2D eigenvalue weighted by Crippen LogP contribution is 2.39. The molecule has 0 aromatic carbocycles. The van der Waals surface area contributed by atoms with Crippen LogP contribution in [0.2, 0.25) is 0 Å². The second kappa shape index (κ2) is 4.24. The molecule has 0 aliphatic heterocycles. The molecule has 1 aromatic rings. The zero-order valence-electron chi connectivity index (χ0n) is 9.76. The van der Waals surface area contributed by atoms with Crippen LogP contribution in [0.15, 0.2) is 16.9 Å². The number of pyridine rings is 1. The van der Waals surface area contributed by atoms with Gasteiger partial charge < -0.3 is 11.1 Å². The number of halogens is 1. The standard InChI is InChI=1S/C12H18BrN3/c1-12(2)4-3-8(5-12)16-11-9(13)6-15-7-10(11)14/h6-8H,3-5,14H2,1-2H3,(H,15,16). The molecule has 1 heterocycles. The first-order chi connectivity index (χ1) is 7.48. The van der Waals surface area contributed by atoms with Crippen LogP contribution >= 0.6 is 15.9 Å². The van der Waals surface area contributed by atoms with E-state index in [0.29, 0.717) is 17.1 Å². The van der Waals surface area contributed by atoms with Crippen molar-refractivity contribution in [3.63, 3.8) is 0 Å². The van der Waals surface area contributed by atoms with Crippen LogP contribution in [0.3, 0.4) is 0 Å². The number of aromatic nitrogens is 1. The molecule has 0 amide bonds. The first kappa shape index (κ1) is 11.7. The highest BCUT2D eigenvalue weighted by Gasteiger charge is 2.31. The van der Waals surface area contributed by atoms with Gasteiger partial charge >= 0.3 is 0 Å². The van der Waals surface area contributed by atoms with Crippen molar-refractivity contribution < 1.29 is 0 Å². The average molecular weight is 284 g/mol. The van der Waals surface area contributed by atoms with Crippen molar-refractivity contribution in [2.24, 2.45) is 5.41 Å². The van der Waals surface area contributed by atoms with Gasteiger partial charge in [0.2, 0.25) is 0 Å². The molecule has 0 bridgehead atoms. The van der Waals surface area contributed by atoms with Crippen molar-refractivity contribution in [2.75, 3.05) is 11.1 Å². The SMILES string of the molecule is CC1(C)CCC(Nc2c(N)cncc2Br)C1. The number of nitrogens with one attached hydrogen (secondary N) is 1. The first-order valence-electron chi connectivity index (χ1n) is 5.63. The van der Waals surface area contributed by atoms with Crippen LogP contribution in [0.5, 0.6) is 0 Å². The van der Waals surface area contributed by atoms with Crippen molar-refractivity contribution in [3.8, 4) is 0 Å². The van der Waals surface area contributed by atoms with Crippen molar-refractivity contribution in [1.29, 1.82) is 0 Å². The maximum Gasteiger partial charge on any atom is 0.0752 e. The zero-order valence-corrected chi connectivity index (χ0v) is 11.3. The minimum atomic E-state index is 0.450. The van der Waals surface area contributed by atoms with Crippen molar-refractivity contribution in [3.05, 3.63) is 16.9 Å². The molecule has 88 valence electrons. The van der Waals surface area contributed by atoms with Crippen LogP contribution in [0, 0.1) is 5.41 Å². The van der Waals surface area contributed by atoms with E-state index in [1.807, 2.05) is 0 Å². The summed E-state index contributed by atoms with van der Waals surface area (Å²) < 4.78 is 0.942. The van der Waals surface area contributed by atoms with Gasteiger partial charge in [-0.1, -0.05) is 13.8 Å². The Bertz CT molecular complexity index is 370. The molecule has 0 radical (unpaired) electrons. The normalized spacial score (nSPS) is 23.3. The van der Waals surface area contributed by atoms with Crippen LogP contribution in [-0.4, -0.2) is 11.0 Å². The molecule has 2 rings (SSSR count). The van der Waals surface area contributed by atoms with Crippen LogP contribution in [-0.2, 0) is 0 Å². The van der Waals surface area contributed by atoms with Gasteiger partial charge in [0.25, 0.3) is 0 Å². The van der Waals surface area contributed by atoms with Gasteiger partial charge in [0.05, 0.1) is 22.0 Å². The lowest BCUT2D eigenvalue weighted by atomic mass is 9.92. The van der Waals surface area contributed by atoms with E-state index >= 15 is 0 Å². The minimum absolute atomic E-state index is 0.450. The monoisotopic (exact) mass is 283 g/mol. The molecule has 1 aromatic heterocycles. The van der Waals surface area contributed by atoms with E-state index in [1.165, 1.54) is 19.3 Å². The lowest BCUT2D eigenvalue weighted by molar-refractivity contribution is 0.378. The largest absolute Gasteiger partial charge is 0.396 e. The van der Waals surface area contributed by atoms with E-state index in [0.717, 1.165) is 10.2 Å². The highest BCUT2D eigenvalue weighted by molar-refractivity contribution is 9.10. The lowest BCUT2D eigenvalue weighted by Crippen LogP contribution is -2.18. The molecule has 3 nitrogen and oxygen atoms in total. The Labute approximate surface area is 105 Å². The maximum absolute atomic E-state index is 5.91. The molecule has 1 fully saturated rings. The molecular weight excluding hydrogens is 266 g/mol. The van der Waals surface area contributed by atoms with Crippen molar-refractivity contribution >= 4 is 27.3 Å². The summed E-state index contributed by atoms with van der Waals surface area (Å²) in [4.78, 5) is 4.04. The van der Waals surface area contributed by atoms with Gasteiger partial charge in [-0.05, 0) is 40.6 Å². The lowest BCUT2D eigenvalue weighted by Gasteiger charge is -2.20. The minimum Gasteiger partial charge on any atom is -0.396 e. The number of anilines is 2. The molecule has 1 saturated carbocycles. The molecule has 1 unspecified atom stereocenters. The molecule has 1 atom stereocenters. The van der Waals surface area contributed by atoms with E-state index in [2.05, 4.69) is 40.1 Å². The van der Waals surface area contributed by atoms with Crippen LogP contribution in [0.4, 0.5) is 11.4 Å². The molecule has 16 heavy (non-hydrogen) atoms. The fourth-order valence-corrected chi connectivity index (χ4v) is 2.83. The van der Waals surface area contributed by atoms with Gasteiger partial charge in [-0.15, -0.1) is 0 Å². The van der Waals surface area contributed by atoms with Gasteiger partial charge in [0.15, 0.2) is 0 Å². The highest BCUT2D eigenvalue weighted by atomic mass is 79.9. The summed E-state index contributed by atoms with van der Waals surface area (Å²) in [5, 5.41) is 3.52. The average Bonchev–Trinajstić information content (AvgIpc) is 2.52.